The molecule has 0 aliphatic heterocycles. The molecule has 0 rings (SSSR count). The van der Waals surface area contributed by atoms with Crippen LogP contribution in [0, 0.1) is 0 Å². The number of carbonyl (C=O) groups is 1. The second-order valence-electron chi connectivity index (χ2n) is 0.796. The molecule has 0 radical (unpaired) electrons. The second kappa shape index (κ2) is 3.14. The van der Waals surface area contributed by atoms with E-state index in [1.54, 1.807) is 0 Å². The number of carboxylic acid groups (broad SMARTS) is 1. The lowest BCUT2D eigenvalue weighted by Gasteiger charge is -1.86. The van der Waals surface area contributed by atoms with Crippen LogP contribution in [0.2, 0.25) is 0 Å². The van der Waals surface area contributed by atoms with Crippen molar-refractivity contribution in [2.24, 2.45) is 5.16 Å². The Kier molecular flexibility index (Phi) is 2.67. The van der Waals surface area contributed by atoms with E-state index in [4.69, 9.17) is 5.11 Å². The predicted molar refractivity (Wildman–Crippen MR) is 23.1 cm³/mol. The molecule has 4 nitrogen and oxygen atoms in total. The fourth-order valence-corrected chi connectivity index (χ4v) is 0.101. The molecule has 0 saturated heterocycles. The van der Waals surface area contributed by atoms with Crippen LogP contribution in [0.1, 0.15) is 0 Å². The van der Waals surface area contributed by atoms with Crippen LogP contribution in [0.3, 0.4) is 0 Å². The van der Waals surface area contributed by atoms with Crippen LogP contribution >= 0.6 is 0 Å². The van der Waals surface area contributed by atoms with Gasteiger partial charge in [0.05, 0.1) is 0 Å². The van der Waals surface area contributed by atoms with Gasteiger partial charge in [0.25, 0.3) is 0 Å². The van der Waals surface area contributed by atoms with Crippen LogP contribution in [0.15, 0.2) is 5.16 Å². The van der Waals surface area contributed by atoms with Gasteiger partial charge in [-0.15, -0.1) is 5.16 Å². The summed E-state index contributed by atoms with van der Waals surface area (Å²) in [6, 6.07) is 0. The van der Waals surface area contributed by atoms with Gasteiger partial charge < -0.3 is 9.94 Å². The van der Waals surface area contributed by atoms with E-state index in [0.717, 1.165) is 0 Å². The molecule has 0 aromatic heterocycles. The Balaban J connectivity index is 2.97. The standard InChI is InChI=1S/C3H5NO3/c1-4-7-2-3(5)6/h1-2H2,(H,5,6). The molecule has 0 bridgehead atoms. The minimum atomic E-state index is -1.05. The largest absolute Gasteiger partial charge is 0.479 e. The summed E-state index contributed by atoms with van der Waals surface area (Å²) in [6.07, 6.45) is 0. The number of hydrogen-bond donors (Lipinski definition) is 1. The Morgan fingerprint density at radius 1 is 2.00 bits per heavy atom. The van der Waals surface area contributed by atoms with Crippen molar-refractivity contribution < 1.29 is 14.7 Å². The van der Waals surface area contributed by atoms with Gasteiger partial charge >= 0.3 is 5.97 Å². The molecule has 0 amide bonds. The van der Waals surface area contributed by atoms with Crippen molar-refractivity contribution in [2.75, 3.05) is 6.61 Å². The first kappa shape index (κ1) is 5.94. The molecule has 7 heavy (non-hydrogen) atoms. The predicted octanol–water partition coefficient (Wildman–Crippen LogP) is -0.297. The van der Waals surface area contributed by atoms with E-state index in [0.29, 0.717) is 0 Å². The van der Waals surface area contributed by atoms with Crippen LogP contribution in [0.4, 0.5) is 0 Å². The van der Waals surface area contributed by atoms with Crippen LogP contribution in [-0.2, 0) is 9.63 Å². The molecule has 0 saturated carbocycles. The molecular weight excluding hydrogens is 98.0 g/mol. The molecule has 0 unspecified atom stereocenters. The van der Waals surface area contributed by atoms with Gasteiger partial charge in [0.2, 0.25) is 6.61 Å². The Morgan fingerprint density at radius 3 is 2.71 bits per heavy atom. The second-order valence-corrected chi connectivity index (χ2v) is 0.796. The van der Waals surface area contributed by atoms with Crippen molar-refractivity contribution >= 4 is 12.7 Å². The van der Waals surface area contributed by atoms with Crippen LogP contribution in [0.25, 0.3) is 0 Å². The van der Waals surface area contributed by atoms with Crippen molar-refractivity contribution in [1.29, 1.82) is 0 Å². The van der Waals surface area contributed by atoms with Gasteiger partial charge in [0.1, 0.15) is 0 Å². The minimum absolute atomic E-state index is 0.413. The molecule has 0 aliphatic rings. The highest BCUT2D eigenvalue weighted by atomic mass is 16.6. The maximum absolute atomic E-state index is 9.55. The van der Waals surface area contributed by atoms with Crippen molar-refractivity contribution in [3.63, 3.8) is 0 Å². The number of oxime groups is 1. The van der Waals surface area contributed by atoms with Gasteiger partial charge in [-0.3, -0.25) is 0 Å². The fourth-order valence-electron chi connectivity index (χ4n) is 0.101. The molecular formula is C3H5NO3. The quantitative estimate of drug-likeness (QED) is 0.394. The topological polar surface area (TPSA) is 58.9 Å². The molecule has 0 atom stereocenters. The van der Waals surface area contributed by atoms with E-state index in [-0.39, 0.29) is 0 Å². The Labute approximate surface area is 40.4 Å². The lowest BCUT2D eigenvalue weighted by atomic mass is 10.8. The molecule has 4 heteroatoms. The summed E-state index contributed by atoms with van der Waals surface area (Å²) in [6.45, 7) is 2.48. The summed E-state index contributed by atoms with van der Waals surface area (Å²) < 4.78 is 0. The summed E-state index contributed by atoms with van der Waals surface area (Å²) in [5.74, 6) is -1.05. The van der Waals surface area contributed by atoms with Gasteiger partial charge in [0.15, 0.2) is 0 Å². The number of rotatable bonds is 3. The van der Waals surface area contributed by atoms with E-state index in [2.05, 4.69) is 16.7 Å². The van der Waals surface area contributed by atoms with Gasteiger partial charge in [0, 0.05) is 6.72 Å². The summed E-state index contributed by atoms with van der Waals surface area (Å²) >= 11 is 0. The number of aliphatic carboxylic acids is 1. The first-order valence-electron chi connectivity index (χ1n) is 1.57. The van der Waals surface area contributed by atoms with Crippen LogP contribution < -0.4 is 0 Å². The molecule has 0 aliphatic carbocycles. The molecule has 1 N–H and O–H groups in total. The monoisotopic (exact) mass is 103 g/mol. The van der Waals surface area contributed by atoms with Gasteiger partial charge in [-0.1, -0.05) is 0 Å². The smallest absolute Gasteiger partial charge is 0.344 e. The maximum Gasteiger partial charge on any atom is 0.344 e. The zero-order chi connectivity index (χ0) is 5.70. The van der Waals surface area contributed by atoms with E-state index in [1.165, 1.54) is 0 Å². The number of nitrogens with zero attached hydrogens (tertiary/aromatic N) is 1. The fraction of sp³-hybridized carbons (Fsp3) is 0.333. The highest BCUT2D eigenvalue weighted by molar-refractivity contribution is 5.67. The molecule has 0 aromatic rings. The molecule has 0 aromatic carbocycles. The van der Waals surface area contributed by atoms with Crippen molar-refractivity contribution in [1.82, 2.24) is 0 Å². The maximum atomic E-state index is 9.55. The van der Waals surface area contributed by atoms with Gasteiger partial charge in [-0.05, 0) is 0 Å². The average molecular weight is 103 g/mol. The summed E-state index contributed by atoms with van der Waals surface area (Å²) in [5.41, 5.74) is 0. The van der Waals surface area contributed by atoms with Crippen molar-refractivity contribution in [3.05, 3.63) is 0 Å². The summed E-state index contributed by atoms with van der Waals surface area (Å²) in [4.78, 5) is 13.6. The Morgan fingerprint density at radius 2 is 2.57 bits per heavy atom. The molecule has 0 spiro atoms. The molecule has 0 fully saturated rings. The zero-order valence-corrected chi connectivity index (χ0v) is 3.63. The molecule has 0 heterocycles. The van der Waals surface area contributed by atoms with Crippen molar-refractivity contribution in [2.45, 2.75) is 0 Å². The SMILES string of the molecule is C=NOCC(=O)O. The van der Waals surface area contributed by atoms with E-state index in [1.807, 2.05) is 0 Å². The van der Waals surface area contributed by atoms with E-state index < -0.39 is 12.6 Å². The summed E-state index contributed by atoms with van der Waals surface area (Å²) in [7, 11) is 0. The third-order valence-electron chi connectivity index (χ3n) is 0.279. The Hall–Kier alpha value is -1.06. The Bertz CT molecular complexity index is 80.2. The highest BCUT2D eigenvalue weighted by Crippen LogP contribution is 1.69. The first-order chi connectivity index (χ1) is 3.27. The zero-order valence-electron chi connectivity index (χ0n) is 3.63. The van der Waals surface area contributed by atoms with Crippen LogP contribution in [0.5, 0.6) is 0 Å². The number of carboxylic acids is 1. The average Bonchev–Trinajstić information content (AvgIpc) is 1.61. The lowest BCUT2D eigenvalue weighted by Crippen LogP contribution is -2.02. The normalized spacial score (nSPS) is 7.43. The first-order valence-corrected chi connectivity index (χ1v) is 1.57. The summed E-state index contributed by atoms with van der Waals surface area (Å²) in [5, 5.41) is 10.7. The third kappa shape index (κ3) is 4.94. The molecule has 40 valence electrons. The van der Waals surface area contributed by atoms with Gasteiger partial charge in [-0.2, -0.15) is 0 Å². The lowest BCUT2D eigenvalue weighted by molar-refractivity contribution is -0.142. The number of hydrogen-bond acceptors (Lipinski definition) is 3. The highest BCUT2D eigenvalue weighted by Gasteiger charge is 1.90. The third-order valence-corrected chi connectivity index (χ3v) is 0.279. The van der Waals surface area contributed by atoms with Crippen LogP contribution in [-0.4, -0.2) is 24.4 Å². The van der Waals surface area contributed by atoms with E-state index >= 15 is 0 Å². The van der Waals surface area contributed by atoms with Crippen molar-refractivity contribution in [3.8, 4) is 0 Å². The minimum Gasteiger partial charge on any atom is -0.479 e. The van der Waals surface area contributed by atoms with Gasteiger partial charge in [-0.25, -0.2) is 4.79 Å². The van der Waals surface area contributed by atoms with E-state index in [9.17, 15) is 4.79 Å².